The van der Waals surface area contributed by atoms with Crippen LogP contribution in [0.5, 0.6) is 0 Å². The molecular weight excluding hydrogens is 271 g/mol. The Hall–Kier alpha value is -1.08. The molecule has 0 aliphatic heterocycles. The number of alkyl halides is 3. The van der Waals surface area contributed by atoms with Crippen LogP contribution >= 0.6 is 0 Å². The van der Waals surface area contributed by atoms with Crippen LogP contribution in [0.2, 0.25) is 0 Å². The van der Waals surface area contributed by atoms with Gasteiger partial charge in [0.1, 0.15) is 0 Å². The zero-order valence-corrected chi connectivity index (χ0v) is 11.5. The van der Waals surface area contributed by atoms with Gasteiger partial charge in [-0.1, -0.05) is 6.92 Å². The van der Waals surface area contributed by atoms with Crippen LogP contribution in [-0.4, -0.2) is 33.6 Å². The second-order valence-electron chi connectivity index (χ2n) is 5.44. The summed E-state index contributed by atoms with van der Waals surface area (Å²) >= 11 is 0. The van der Waals surface area contributed by atoms with Crippen molar-refractivity contribution in [3.63, 3.8) is 0 Å². The molecular formula is C13H20F3N3O. The molecule has 1 aliphatic carbocycles. The molecule has 2 atom stereocenters. The van der Waals surface area contributed by atoms with Gasteiger partial charge in [0, 0.05) is 11.7 Å². The Kier molecular flexibility index (Phi) is 4.39. The number of nitrogens with one attached hydrogen (secondary N) is 1. The summed E-state index contributed by atoms with van der Waals surface area (Å²) in [6.45, 7) is 2.82. The number of hydrogen-bond donors (Lipinski definition) is 2. The maximum atomic E-state index is 12.5. The first-order valence-electron chi connectivity index (χ1n) is 6.88. The first-order valence-corrected chi connectivity index (χ1v) is 6.88. The predicted molar refractivity (Wildman–Crippen MR) is 68.2 cm³/mol. The summed E-state index contributed by atoms with van der Waals surface area (Å²) < 4.78 is 39.0. The molecule has 2 unspecified atom stereocenters. The van der Waals surface area contributed by atoms with Gasteiger partial charge in [-0.15, -0.1) is 0 Å². The van der Waals surface area contributed by atoms with Crippen molar-refractivity contribution in [1.82, 2.24) is 15.1 Å². The van der Waals surface area contributed by atoms with E-state index in [9.17, 15) is 18.3 Å². The third kappa shape index (κ3) is 3.15. The fraction of sp³-hybridized carbons (Fsp3) is 0.769. The third-order valence-corrected chi connectivity index (χ3v) is 3.91. The molecule has 1 aromatic heterocycles. The summed E-state index contributed by atoms with van der Waals surface area (Å²) in [7, 11) is 0. The number of aliphatic hydroxyl groups excluding tert-OH is 1. The van der Waals surface area contributed by atoms with Crippen LogP contribution in [0.3, 0.4) is 0 Å². The molecule has 0 saturated heterocycles. The smallest absolute Gasteiger partial charge is 0.394 e. The van der Waals surface area contributed by atoms with E-state index in [1.807, 2.05) is 6.92 Å². The molecule has 0 spiro atoms. The van der Waals surface area contributed by atoms with Crippen LogP contribution < -0.4 is 5.32 Å². The van der Waals surface area contributed by atoms with Gasteiger partial charge < -0.3 is 10.4 Å². The van der Waals surface area contributed by atoms with Crippen molar-refractivity contribution in [2.45, 2.75) is 50.4 Å². The highest BCUT2D eigenvalue weighted by atomic mass is 19.4. The van der Waals surface area contributed by atoms with E-state index < -0.39 is 11.9 Å². The van der Waals surface area contributed by atoms with E-state index in [0.717, 1.165) is 31.9 Å². The van der Waals surface area contributed by atoms with E-state index in [2.05, 4.69) is 10.4 Å². The van der Waals surface area contributed by atoms with Gasteiger partial charge in [-0.25, -0.2) is 0 Å². The third-order valence-electron chi connectivity index (χ3n) is 3.91. The zero-order chi connectivity index (χ0) is 14.8. The number of hydrogen-bond acceptors (Lipinski definition) is 3. The first-order chi connectivity index (χ1) is 9.40. The monoisotopic (exact) mass is 291 g/mol. The largest absolute Gasteiger partial charge is 0.435 e. The van der Waals surface area contributed by atoms with Crippen LogP contribution in [0.1, 0.15) is 44.3 Å². The average Bonchev–Trinajstić information content (AvgIpc) is 3.03. The van der Waals surface area contributed by atoms with Crippen molar-refractivity contribution in [1.29, 1.82) is 0 Å². The Labute approximate surface area is 116 Å². The molecule has 0 radical (unpaired) electrons. The van der Waals surface area contributed by atoms with Gasteiger partial charge in [-0.05, 0) is 38.3 Å². The SMILES string of the molecule is CCCNC1(CO)CCC(n2ccc(C(F)(F)F)n2)C1. The fourth-order valence-corrected chi connectivity index (χ4v) is 2.77. The van der Waals surface area contributed by atoms with E-state index in [0.29, 0.717) is 6.42 Å². The Bertz CT molecular complexity index is 446. The zero-order valence-electron chi connectivity index (χ0n) is 11.5. The van der Waals surface area contributed by atoms with E-state index in [-0.39, 0.29) is 18.2 Å². The maximum absolute atomic E-state index is 12.5. The topological polar surface area (TPSA) is 50.1 Å². The lowest BCUT2D eigenvalue weighted by Crippen LogP contribution is -2.46. The van der Waals surface area contributed by atoms with Gasteiger partial charge in [-0.3, -0.25) is 4.68 Å². The van der Waals surface area contributed by atoms with Crippen LogP contribution in [0, 0.1) is 0 Å². The Morgan fingerprint density at radius 1 is 1.55 bits per heavy atom. The first kappa shape index (κ1) is 15.3. The summed E-state index contributed by atoms with van der Waals surface area (Å²) in [5, 5.41) is 16.5. The predicted octanol–water partition coefficient (Wildman–Crippen LogP) is 2.36. The number of aliphatic hydroxyl groups is 1. The fourth-order valence-electron chi connectivity index (χ4n) is 2.77. The maximum Gasteiger partial charge on any atom is 0.435 e. The average molecular weight is 291 g/mol. The van der Waals surface area contributed by atoms with E-state index in [4.69, 9.17) is 0 Å². The second kappa shape index (κ2) is 5.73. The number of aromatic nitrogens is 2. The number of rotatable bonds is 5. The highest BCUT2D eigenvalue weighted by molar-refractivity contribution is 5.06. The number of nitrogens with zero attached hydrogens (tertiary/aromatic N) is 2. The second-order valence-corrected chi connectivity index (χ2v) is 5.44. The van der Waals surface area contributed by atoms with Crippen LogP contribution in [0.4, 0.5) is 13.2 Å². The van der Waals surface area contributed by atoms with Crippen molar-refractivity contribution in [2.24, 2.45) is 0 Å². The normalized spacial score (nSPS) is 27.1. The summed E-state index contributed by atoms with van der Waals surface area (Å²) in [6, 6.07) is 0.904. The minimum Gasteiger partial charge on any atom is -0.394 e. The minimum absolute atomic E-state index is 0.00308. The van der Waals surface area contributed by atoms with E-state index >= 15 is 0 Å². The van der Waals surface area contributed by atoms with Crippen molar-refractivity contribution < 1.29 is 18.3 Å². The molecule has 1 aromatic rings. The summed E-state index contributed by atoms with van der Waals surface area (Å²) in [6.07, 6.45) is -0.0142. The van der Waals surface area contributed by atoms with Gasteiger partial charge >= 0.3 is 6.18 Å². The Morgan fingerprint density at radius 2 is 2.30 bits per heavy atom. The molecule has 1 heterocycles. The lowest BCUT2D eigenvalue weighted by molar-refractivity contribution is -0.141. The summed E-state index contributed by atoms with van der Waals surface area (Å²) in [4.78, 5) is 0. The molecule has 2 rings (SSSR count). The van der Waals surface area contributed by atoms with E-state index in [1.54, 1.807) is 0 Å². The highest BCUT2D eigenvalue weighted by Crippen LogP contribution is 2.38. The number of halogens is 3. The van der Waals surface area contributed by atoms with Crippen LogP contribution in [0.15, 0.2) is 12.3 Å². The molecule has 1 fully saturated rings. The molecule has 0 aromatic carbocycles. The lowest BCUT2D eigenvalue weighted by atomic mass is 9.98. The van der Waals surface area contributed by atoms with Crippen LogP contribution in [-0.2, 0) is 6.18 Å². The van der Waals surface area contributed by atoms with E-state index in [1.165, 1.54) is 10.9 Å². The molecule has 4 nitrogen and oxygen atoms in total. The Morgan fingerprint density at radius 3 is 2.85 bits per heavy atom. The van der Waals surface area contributed by atoms with Gasteiger partial charge in [0.05, 0.1) is 12.6 Å². The standard InChI is InChI=1S/C13H20F3N3O/c1-2-6-17-12(9-20)5-3-10(8-12)19-7-4-11(18-19)13(14,15)16/h4,7,10,17,20H,2-3,5-6,8-9H2,1H3. The molecule has 114 valence electrons. The van der Waals surface area contributed by atoms with Gasteiger partial charge in [-0.2, -0.15) is 18.3 Å². The summed E-state index contributed by atoms with van der Waals surface area (Å²) in [5.74, 6) is 0. The minimum atomic E-state index is -4.40. The van der Waals surface area contributed by atoms with Crippen molar-refractivity contribution >= 4 is 0 Å². The molecule has 1 aliphatic rings. The molecule has 0 amide bonds. The molecule has 7 heteroatoms. The van der Waals surface area contributed by atoms with Gasteiger partial charge in [0.2, 0.25) is 0 Å². The van der Waals surface area contributed by atoms with Crippen molar-refractivity contribution in [3.05, 3.63) is 18.0 Å². The van der Waals surface area contributed by atoms with Crippen molar-refractivity contribution in [3.8, 4) is 0 Å². The van der Waals surface area contributed by atoms with Crippen LogP contribution in [0.25, 0.3) is 0 Å². The summed E-state index contributed by atoms with van der Waals surface area (Å²) in [5.41, 5.74) is -1.24. The molecule has 0 bridgehead atoms. The Balaban J connectivity index is 2.06. The molecule has 1 saturated carbocycles. The van der Waals surface area contributed by atoms with Gasteiger partial charge in [0.15, 0.2) is 5.69 Å². The lowest BCUT2D eigenvalue weighted by Gasteiger charge is -2.28. The highest BCUT2D eigenvalue weighted by Gasteiger charge is 2.40. The van der Waals surface area contributed by atoms with Crippen molar-refractivity contribution in [2.75, 3.05) is 13.2 Å². The quantitative estimate of drug-likeness (QED) is 0.875. The molecule has 2 N–H and O–H groups in total. The van der Waals surface area contributed by atoms with Gasteiger partial charge in [0.25, 0.3) is 0 Å². The molecule has 20 heavy (non-hydrogen) atoms.